The Kier molecular flexibility index (Phi) is 3.83. The summed E-state index contributed by atoms with van der Waals surface area (Å²) in [5, 5.41) is 8.34. The lowest BCUT2D eigenvalue weighted by Crippen LogP contribution is -2.14. The number of halogens is 2. The van der Waals surface area contributed by atoms with Gasteiger partial charge >= 0.3 is 0 Å². The molecule has 86 valence electrons. The molecule has 0 radical (unpaired) electrons. The third-order valence-electron chi connectivity index (χ3n) is 2.30. The predicted molar refractivity (Wildman–Crippen MR) is 56.5 cm³/mol. The molecule has 4 heteroatoms. The van der Waals surface area contributed by atoms with Gasteiger partial charge in [0.15, 0.2) is 0 Å². The lowest BCUT2D eigenvalue weighted by molar-refractivity contribution is -0.0140. The van der Waals surface area contributed by atoms with Crippen LogP contribution in [0.15, 0.2) is 18.2 Å². The van der Waals surface area contributed by atoms with Crippen LogP contribution in [0.5, 0.6) is 5.75 Å². The summed E-state index contributed by atoms with van der Waals surface area (Å²) in [6.45, 7) is 1.74. The normalized spacial score (nSPS) is 10.9. The number of rotatable bonds is 4. The fraction of sp³-hybridized carbons (Fsp3) is 0.417. The number of alkyl halides is 2. The van der Waals surface area contributed by atoms with E-state index in [1.54, 1.807) is 19.1 Å². The summed E-state index contributed by atoms with van der Waals surface area (Å²) >= 11 is 0. The summed E-state index contributed by atoms with van der Waals surface area (Å²) in [6, 6.07) is 6.35. The van der Waals surface area contributed by atoms with Crippen LogP contribution in [0.1, 0.15) is 24.0 Å². The molecule has 1 aromatic carbocycles. The molecule has 0 atom stereocenters. The Labute approximate surface area is 93.5 Å². The van der Waals surface area contributed by atoms with Gasteiger partial charge in [-0.05, 0) is 19.1 Å². The first kappa shape index (κ1) is 12.4. The monoisotopic (exact) mass is 225 g/mol. The van der Waals surface area contributed by atoms with Crippen molar-refractivity contribution in [3.8, 4) is 11.8 Å². The number of ether oxygens (including phenoxy) is 1. The maximum atomic E-state index is 13.7. The molecule has 0 aliphatic rings. The lowest BCUT2D eigenvalue weighted by Gasteiger charge is -2.18. The van der Waals surface area contributed by atoms with E-state index in [-0.39, 0.29) is 17.7 Å². The van der Waals surface area contributed by atoms with Crippen LogP contribution in [0.4, 0.5) is 8.78 Å². The lowest BCUT2D eigenvalue weighted by atomic mass is 10.0. The van der Waals surface area contributed by atoms with E-state index in [4.69, 9.17) is 10.00 Å². The molecule has 0 aliphatic carbocycles. The number of nitriles is 1. The molecule has 0 amide bonds. The van der Waals surface area contributed by atoms with E-state index in [9.17, 15) is 8.78 Å². The summed E-state index contributed by atoms with van der Waals surface area (Å²) in [6.07, 6.45) is -0.659. The maximum absolute atomic E-state index is 13.7. The van der Waals surface area contributed by atoms with E-state index in [0.29, 0.717) is 0 Å². The Morgan fingerprint density at radius 1 is 1.44 bits per heavy atom. The second kappa shape index (κ2) is 4.93. The number of aryl methyl sites for hydroxylation is 1. The van der Waals surface area contributed by atoms with Gasteiger partial charge in [-0.25, -0.2) is 8.78 Å². The molecule has 1 aromatic rings. The van der Waals surface area contributed by atoms with Crippen molar-refractivity contribution in [3.05, 3.63) is 29.3 Å². The predicted octanol–water partition coefficient (Wildman–Crippen LogP) is 3.40. The van der Waals surface area contributed by atoms with Crippen molar-refractivity contribution in [1.82, 2.24) is 0 Å². The van der Waals surface area contributed by atoms with Crippen LogP contribution in [-0.4, -0.2) is 7.11 Å². The van der Waals surface area contributed by atoms with Crippen molar-refractivity contribution in [2.45, 2.75) is 25.7 Å². The Hall–Kier alpha value is -1.63. The van der Waals surface area contributed by atoms with Crippen molar-refractivity contribution in [1.29, 1.82) is 5.26 Å². The molecule has 0 fully saturated rings. The van der Waals surface area contributed by atoms with Crippen molar-refractivity contribution in [2.24, 2.45) is 0 Å². The Bertz CT molecular complexity index is 410. The SMILES string of the molecule is COc1ccc(C)cc1C(F)(F)CCC#N. The van der Waals surface area contributed by atoms with E-state index < -0.39 is 12.3 Å². The Morgan fingerprint density at radius 3 is 2.69 bits per heavy atom. The first-order chi connectivity index (χ1) is 7.51. The van der Waals surface area contributed by atoms with E-state index in [1.165, 1.54) is 19.2 Å². The Morgan fingerprint density at radius 2 is 2.12 bits per heavy atom. The summed E-state index contributed by atoms with van der Waals surface area (Å²) in [5.74, 6) is -2.86. The number of benzene rings is 1. The van der Waals surface area contributed by atoms with Crippen molar-refractivity contribution in [2.75, 3.05) is 7.11 Å². The molecule has 0 aromatic heterocycles. The summed E-state index contributed by atoms with van der Waals surface area (Å²) in [4.78, 5) is 0. The summed E-state index contributed by atoms with van der Waals surface area (Å²) in [7, 11) is 1.36. The average molecular weight is 225 g/mol. The van der Waals surface area contributed by atoms with Gasteiger partial charge in [0.25, 0.3) is 5.92 Å². The third-order valence-corrected chi connectivity index (χ3v) is 2.30. The van der Waals surface area contributed by atoms with E-state index in [1.807, 2.05) is 0 Å². The molecule has 0 bridgehead atoms. The van der Waals surface area contributed by atoms with Crippen LogP contribution < -0.4 is 4.74 Å². The minimum absolute atomic E-state index is 0.148. The van der Waals surface area contributed by atoms with Gasteiger partial charge in [0.1, 0.15) is 5.75 Å². The van der Waals surface area contributed by atoms with Crippen LogP contribution in [-0.2, 0) is 5.92 Å². The molecular weight excluding hydrogens is 212 g/mol. The van der Waals surface area contributed by atoms with E-state index in [2.05, 4.69) is 0 Å². The van der Waals surface area contributed by atoms with Gasteiger partial charge in [0.05, 0.1) is 18.7 Å². The minimum Gasteiger partial charge on any atom is -0.496 e. The van der Waals surface area contributed by atoms with Crippen molar-refractivity contribution in [3.63, 3.8) is 0 Å². The molecular formula is C12H13F2NO. The average Bonchev–Trinajstić information content (AvgIpc) is 2.26. The summed E-state index contributed by atoms with van der Waals surface area (Å²) < 4.78 is 32.4. The molecule has 0 saturated heterocycles. The zero-order valence-electron chi connectivity index (χ0n) is 9.26. The zero-order chi connectivity index (χ0) is 12.2. The molecule has 0 aliphatic heterocycles. The molecule has 2 nitrogen and oxygen atoms in total. The standard InChI is InChI=1S/C12H13F2NO/c1-9-4-5-11(16-2)10(8-9)12(13,14)6-3-7-15/h4-5,8H,3,6H2,1-2H3. The number of nitrogens with zero attached hydrogens (tertiary/aromatic N) is 1. The molecule has 0 saturated carbocycles. The van der Waals surface area contributed by atoms with Gasteiger partial charge in [-0.1, -0.05) is 11.6 Å². The maximum Gasteiger partial charge on any atom is 0.277 e. The van der Waals surface area contributed by atoms with Crippen LogP contribution in [0, 0.1) is 18.3 Å². The molecule has 0 unspecified atom stereocenters. The molecule has 0 heterocycles. The third kappa shape index (κ3) is 2.69. The molecule has 16 heavy (non-hydrogen) atoms. The highest BCUT2D eigenvalue weighted by molar-refractivity contribution is 5.39. The van der Waals surface area contributed by atoms with Crippen molar-refractivity contribution < 1.29 is 13.5 Å². The Balaban J connectivity index is 3.09. The van der Waals surface area contributed by atoms with Crippen LogP contribution in [0.2, 0.25) is 0 Å². The van der Waals surface area contributed by atoms with Crippen LogP contribution in [0.25, 0.3) is 0 Å². The van der Waals surface area contributed by atoms with E-state index >= 15 is 0 Å². The second-order valence-electron chi connectivity index (χ2n) is 3.57. The van der Waals surface area contributed by atoms with Crippen molar-refractivity contribution >= 4 is 0 Å². The molecule has 1 rings (SSSR count). The zero-order valence-corrected chi connectivity index (χ0v) is 9.26. The first-order valence-corrected chi connectivity index (χ1v) is 4.91. The summed E-state index contributed by atoms with van der Waals surface area (Å²) in [5.41, 5.74) is 0.595. The minimum atomic E-state index is -3.02. The van der Waals surface area contributed by atoms with E-state index in [0.717, 1.165) is 5.56 Å². The molecule has 0 N–H and O–H groups in total. The number of hydrogen-bond acceptors (Lipinski definition) is 2. The fourth-order valence-corrected chi connectivity index (χ4v) is 1.46. The van der Waals surface area contributed by atoms with Gasteiger partial charge in [0, 0.05) is 12.8 Å². The fourth-order valence-electron chi connectivity index (χ4n) is 1.46. The highest BCUT2D eigenvalue weighted by Crippen LogP contribution is 2.38. The number of hydrogen-bond donors (Lipinski definition) is 0. The highest BCUT2D eigenvalue weighted by atomic mass is 19.3. The van der Waals surface area contributed by atoms with Gasteiger partial charge in [-0.3, -0.25) is 0 Å². The van der Waals surface area contributed by atoms with Crippen LogP contribution >= 0.6 is 0 Å². The van der Waals surface area contributed by atoms with Gasteiger partial charge in [0.2, 0.25) is 0 Å². The van der Waals surface area contributed by atoms with Crippen LogP contribution in [0.3, 0.4) is 0 Å². The molecule has 0 spiro atoms. The smallest absolute Gasteiger partial charge is 0.277 e. The first-order valence-electron chi connectivity index (χ1n) is 4.91. The van der Waals surface area contributed by atoms with Gasteiger partial charge in [-0.2, -0.15) is 5.26 Å². The van der Waals surface area contributed by atoms with Gasteiger partial charge < -0.3 is 4.74 Å². The highest BCUT2D eigenvalue weighted by Gasteiger charge is 2.34. The quantitative estimate of drug-likeness (QED) is 0.786. The largest absolute Gasteiger partial charge is 0.496 e. The second-order valence-corrected chi connectivity index (χ2v) is 3.57. The number of methoxy groups -OCH3 is 1. The topological polar surface area (TPSA) is 33.0 Å². The van der Waals surface area contributed by atoms with Gasteiger partial charge in [-0.15, -0.1) is 0 Å².